The lowest BCUT2D eigenvalue weighted by Gasteiger charge is -2.03. The Morgan fingerprint density at radius 1 is 0.800 bits per heavy atom. The van der Waals surface area contributed by atoms with Crippen LogP contribution in [0.5, 0.6) is 5.75 Å². The standard InChI is InChI=1S/C9HF2N3O/c10-7-4(1-12)8(11)6(3-14)9(15)5(7)2-13/h15H. The average Bonchev–Trinajstić information content (AvgIpc) is 2.19. The molecule has 0 aliphatic carbocycles. The Hall–Kier alpha value is -2.65. The summed E-state index contributed by atoms with van der Waals surface area (Å²) in [6.07, 6.45) is 0. The van der Waals surface area contributed by atoms with Crippen LogP contribution in [0, 0.1) is 45.6 Å². The van der Waals surface area contributed by atoms with Gasteiger partial charge in [0.1, 0.15) is 34.9 Å². The fourth-order valence-electron chi connectivity index (χ4n) is 0.981. The lowest BCUT2D eigenvalue weighted by Crippen LogP contribution is -1.99. The molecule has 0 saturated carbocycles. The first kappa shape index (κ1) is 10.4. The quantitative estimate of drug-likeness (QED) is 0.690. The van der Waals surface area contributed by atoms with E-state index in [0.29, 0.717) is 0 Å². The van der Waals surface area contributed by atoms with Crippen LogP contribution in [0.15, 0.2) is 0 Å². The highest BCUT2D eigenvalue weighted by molar-refractivity contribution is 5.59. The molecule has 0 saturated heterocycles. The van der Waals surface area contributed by atoms with Crippen molar-refractivity contribution in [1.29, 1.82) is 15.8 Å². The third-order valence-corrected chi connectivity index (χ3v) is 1.69. The van der Waals surface area contributed by atoms with Gasteiger partial charge < -0.3 is 5.11 Å². The lowest BCUT2D eigenvalue weighted by molar-refractivity contribution is 0.454. The maximum absolute atomic E-state index is 13.2. The van der Waals surface area contributed by atoms with E-state index in [2.05, 4.69) is 0 Å². The van der Waals surface area contributed by atoms with Gasteiger partial charge in [-0.15, -0.1) is 0 Å². The van der Waals surface area contributed by atoms with E-state index < -0.39 is 34.1 Å². The minimum absolute atomic E-state index is 0.912. The van der Waals surface area contributed by atoms with Crippen LogP contribution in [0.3, 0.4) is 0 Å². The normalized spacial score (nSPS) is 8.73. The number of hydrogen-bond donors (Lipinski definition) is 1. The molecule has 0 atom stereocenters. The maximum atomic E-state index is 13.2. The Bertz CT molecular complexity index is 459. The molecule has 1 aromatic rings. The van der Waals surface area contributed by atoms with Gasteiger partial charge >= 0.3 is 0 Å². The summed E-state index contributed by atoms with van der Waals surface area (Å²) in [7, 11) is 0. The zero-order valence-electron chi connectivity index (χ0n) is 7.04. The number of nitriles is 3. The summed E-state index contributed by atoms with van der Waals surface area (Å²) in [6, 6.07) is 3.67. The zero-order valence-corrected chi connectivity index (χ0v) is 7.04. The molecule has 4 nitrogen and oxygen atoms in total. The van der Waals surface area contributed by atoms with Crippen LogP contribution >= 0.6 is 0 Å². The largest absolute Gasteiger partial charge is 0.505 e. The monoisotopic (exact) mass is 205 g/mol. The summed E-state index contributed by atoms with van der Waals surface area (Å²) in [4.78, 5) is 0. The van der Waals surface area contributed by atoms with Gasteiger partial charge in [0.05, 0.1) is 0 Å². The van der Waals surface area contributed by atoms with E-state index in [-0.39, 0.29) is 0 Å². The van der Waals surface area contributed by atoms with E-state index in [9.17, 15) is 8.78 Å². The molecule has 0 amide bonds. The minimum Gasteiger partial charge on any atom is -0.505 e. The molecule has 1 N–H and O–H groups in total. The molecule has 1 aromatic carbocycles. The van der Waals surface area contributed by atoms with Gasteiger partial charge in [-0.1, -0.05) is 0 Å². The number of nitrogens with zero attached hydrogens (tertiary/aromatic N) is 3. The third kappa shape index (κ3) is 1.33. The summed E-state index contributed by atoms with van der Waals surface area (Å²) < 4.78 is 26.3. The van der Waals surface area contributed by atoms with Crippen LogP contribution in [0.4, 0.5) is 8.78 Å². The van der Waals surface area contributed by atoms with Crippen LogP contribution in [-0.2, 0) is 0 Å². The second kappa shape index (κ2) is 3.61. The van der Waals surface area contributed by atoms with Gasteiger partial charge in [-0.25, -0.2) is 8.78 Å². The smallest absolute Gasteiger partial charge is 0.165 e. The van der Waals surface area contributed by atoms with Crippen LogP contribution in [0.1, 0.15) is 16.7 Å². The van der Waals surface area contributed by atoms with Crippen molar-refractivity contribution in [2.45, 2.75) is 0 Å². The van der Waals surface area contributed by atoms with Crippen LogP contribution in [-0.4, -0.2) is 5.11 Å². The van der Waals surface area contributed by atoms with Gasteiger partial charge in [0, 0.05) is 0 Å². The van der Waals surface area contributed by atoms with Crippen LogP contribution in [0.2, 0.25) is 0 Å². The fourth-order valence-corrected chi connectivity index (χ4v) is 0.981. The van der Waals surface area contributed by atoms with Gasteiger partial charge in [-0.3, -0.25) is 0 Å². The van der Waals surface area contributed by atoms with Crippen molar-refractivity contribution < 1.29 is 13.9 Å². The maximum Gasteiger partial charge on any atom is 0.165 e. The van der Waals surface area contributed by atoms with Crippen molar-refractivity contribution in [3.05, 3.63) is 28.3 Å². The second-order valence-electron chi connectivity index (χ2n) is 2.44. The zero-order chi connectivity index (χ0) is 11.6. The Kier molecular flexibility index (Phi) is 2.51. The summed E-state index contributed by atoms with van der Waals surface area (Å²) >= 11 is 0. The van der Waals surface area contributed by atoms with Crippen LogP contribution < -0.4 is 0 Å². The molecule has 72 valence electrons. The molecule has 0 fully saturated rings. The molecule has 0 aromatic heterocycles. The molecule has 15 heavy (non-hydrogen) atoms. The first-order chi connectivity index (χ1) is 7.08. The van der Waals surface area contributed by atoms with Crippen molar-refractivity contribution in [2.24, 2.45) is 0 Å². The Balaban J connectivity index is 3.88. The molecule has 0 spiro atoms. The number of phenols is 1. The second-order valence-corrected chi connectivity index (χ2v) is 2.44. The van der Waals surface area contributed by atoms with E-state index in [4.69, 9.17) is 20.9 Å². The Morgan fingerprint density at radius 2 is 1.13 bits per heavy atom. The molecule has 0 aliphatic heterocycles. The highest BCUT2D eigenvalue weighted by atomic mass is 19.1. The number of hydrogen-bond acceptors (Lipinski definition) is 4. The molecule has 0 aliphatic rings. The van der Waals surface area contributed by atoms with E-state index in [1.807, 2.05) is 0 Å². The minimum atomic E-state index is -1.46. The molecular formula is C9HF2N3O. The van der Waals surface area contributed by atoms with Crippen molar-refractivity contribution >= 4 is 0 Å². The van der Waals surface area contributed by atoms with Gasteiger partial charge in [0.15, 0.2) is 17.4 Å². The summed E-state index contributed by atoms with van der Waals surface area (Å²) in [6.45, 7) is 0. The summed E-state index contributed by atoms with van der Waals surface area (Å²) in [5.41, 5.74) is -2.88. The molecule has 0 unspecified atom stereocenters. The summed E-state index contributed by atoms with van der Waals surface area (Å²) in [5, 5.41) is 34.4. The molecule has 0 radical (unpaired) electrons. The number of benzene rings is 1. The number of phenolic OH excluding ortho intramolecular Hbond substituents is 1. The molecule has 1 rings (SSSR count). The first-order valence-corrected chi connectivity index (χ1v) is 3.52. The van der Waals surface area contributed by atoms with Crippen molar-refractivity contribution in [3.8, 4) is 24.0 Å². The molecular weight excluding hydrogens is 204 g/mol. The SMILES string of the molecule is N#Cc1c(O)c(C#N)c(F)c(C#N)c1F. The van der Waals surface area contributed by atoms with Gasteiger partial charge in [-0.2, -0.15) is 15.8 Å². The Labute approximate surface area is 82.8 Å². The lowest BCUT2D eigenvalue weighted by atomic mass is 10.0. The van der Waals surface area contributed by atoms with E-state index in [1.165, 1.54) is 18.2 Å². The van der Waals surface area contributed by atoms with E-state index >= 15 is 0 Å². The van der Waals surface area contributed by atoms with E-state index in [0.717, 1.165) is 0 Å². The van der Waals surface area contributed by atoms with Gasteiger partial charge in [0.2, 0.25) is 0 Å². The predicted molar refractivity (Wildman–Crippen MR) is 42.2 cm³/mol. The number of aromatic hydroxyl groups is 1. The topological polar surface area (TPSA) is 91.6 Å². The van der Waals surface area contributed by atoms with Crippen molar-refractivity contribution in [1.82, 2.24) is 0 Å². The summed E-state index contributed by atoms with van der Waals surface area (Å²) in [5.74, 6) is -4.02. The van der Waals surface area contributed by atoms with Gasteiger partial charge in [0.25, 0.3) is 0 Å². The molecule has 6 heteroatoms. The molecule has 0 bridgehead atoms. The van der Waals surface area contributed by atoms with E-state index in [1.54, 1.807) is 0 Å². The Morgan fingerprint density at radius 3 is 1.40 bits per heavy atom. The fraction of sp³-hybridized carbons (Fsp3) is 0. The third-order valence-electron chi connectivity index (χ3n) is 1.69. The van der Waals surface area contributed by atoms with Crippen molar-refractivity contribution in [3.63, 3.8) is 0 Å². The highest BCUT2D eigenvalue weighted by Crippen LogP contribution is 2.29. The van der Waals surface area contributed by atoms with Crippen molar-refractivity contribution in [2.75, 3.05) is 0 Å². The van der Waals surface area contributed by atoms with Gasteiger partial charge in [-0.05, 0) is 0 Å². The van der Waals surface area contributed by atoms with Crippen LogP contribution in [0.25, 0.3) is 0 Å². The first-order valence-electron chi connectivity index (χ1n) is 3.52. The number of rotatable bonds is 0. The average molecular weight is 205 g/mol. The molecule has 0 heterocycles. The highest BCUT2D eigenvalue weighted by Gasteiger charge is 2.24. The predicted octanol–water partition coefficient (Wildman–Crippen LogP) is 1.29. The number of halogens is 2.